The Morgan fingerprint density at radius 3 is 2.52 bits per heavy atom. The van der Waals surface area contributed by atoms with E-state index in [0.29, 0.717) is 47.7 Å². The van der Waals surface area contributed by atoms with Crippen LogP contribution in [0.3, 0.4) is 0 Å². The maximum absolute atomic E-state index is 14.2. The Hall–Kier alpha value is -3.56. The number of ether oxygens (including phenoxy) is 3. The van der Waals surface area contributed by atoms with Crippen molar-refractivity contribution in [3.05, 3.63) is 123 Å². The fourth-order valence-corrected chi connectivity index (χ4v) is 6.69. The summed E-state index contributed by atoms with van der Waals surface area (Å²) >= 11 is 20.5. The van der Waals surface area contributed by atoms with Crippen molar-refractivity contribution >= 4 is 58.2 Å². The molecule has 7 nitrogen and oxygen atoms in total. The van der Waals surface area contributed by atoms with Crippen LogP contribution in [0.2, 0.25) is 15.1 Å². The first-order chi connectivity index (χ1) is 21.1. The van der Waals surface area contributed by atoms with Crippen LogP contribution in [0, 0.1) is 0 Å². The number of aromatic nitrogens is 1. The number of carbonyl (C=O) groups excluding carboxylic acids is 1. The summed E-state index contributed by atoms with van der Waals surface area (Å²) in [7, 11) is 0. The number of nitrogens with zero attached hydrogens (tertiary/aromatic N) is 2. The van der Waals surface area contributed by atoms with E-state index in [9.17, 15) is 9.59 Å². The van der Waals surface area contributed by atoms with E-state index in [1.807, 2.05) is 56.3 Å². The number of allylic oxidation sites excluding steroid dienone is 1. The van der Waals surface area contributed by atoms with Crippen molar-refractivity contribution in [3.63, 3.8) is 0 Å². The molecule has 11 heteroatoms. The van der Waals surface area contributed by atoms with Crippen LogP contribution in [0.1, 0.15) is 50.4 Å². The molecule has 0 radical (unpaired) electrons. The van der Waals surface area contributed by atoms with Crippen LogP contribution < -0.4 is 24.4 Å². The topological polar surface area (TPSA) is 79.1 Å². The fraction of sp³-hybridized carbons (Fsp3) is 0.242. The van der Waals surface area contributed by atoms with Gasteiger partial charge in [-0.1, -0.05) is 82.5 Å². The van der Waals surface area contributed by atoms with Gasteiger partial charge in [0.15, 0.2) is 4.80 Å². The molecule has 0 amide bonds. The van der Waals surface area contributed by atoms with Crippen LogP contribution in [0.25, 0.3) is 6.08 Å². The third-order valence-corrected chi connectivity index (χ3v) is 8.60. The number of carbonyl (C=O) groups is 1. The minimum Gasteiger partial charge on any atom is -0.491 e. The van der Waals surface area contributed by atoms with Crippen molar-refractivity contribution in [1.82, 2.24) is 4.57 Å². The highest BCUT2D eigenvalue weighted by Gasteiger charge is 2.35. The normalized spacial score (nSPS) is 14.8. The predicted molar refractivity (Wildman–Crippen MR) is 175 cm³/mol. The molecule has 0 N–H and O–H groups in total. The van der Waals surface area contributed by atoms with Gasteiger partial charge in [-0.3, -0.25) is 9.36 Å². The van der Waals surface area contributed by atoms with Crippen LogP contribution >= 0.6 is 46.1 Å². The number of fused-ring (bicyclic) bond motifs is 1. The van der Waals surface area contributed by atoms with Crippen molar-refractivity contribution in [1.29, 1.82) is 0 Å². The fourth-order valence-electron chi connectivity index (χ4n) is 4.90. The van der Waals surface area contributed by atoms with Gasteiger partial charge in [-0.15, -0.1) is 0 Å². The molecule has 0 unspecified atom stereocenters. The van der Waals surface area contributed by atoms with Crippen molar-refractivity contribution in [2.75, 3.05) is 6.61 Å². The number of hydrogen-bond donors (Lipinski definition) is 0. The zero-order valence-electron chi connectivity index (χ0n) is 24.4. The summed E-state index contributed by atoms with van der Waals surface area (Å²) in [6, 6.07) is 17.1. The molecule has 4 aromatic rings. The number of benzene rings is 3. The molecule has 1 aliphatic heterocycles. The maximum Gasteiger partial charge on any atom is 0.338 e. The Labute approximate surface area is 273 Å². The number of halogens is 3. The molecule has 0 bridgehead atoms. The van der Waals surface area contributed by atoms with E-state index < -0.39 is 12.0 Å². The average Bonchev–Trinajstić information content (AvgIpc) is 3.26. The Morgan fingerprint density at radius 2 is 1.80 bits per heavy atom. The Kier molecular flexibility index (Phi) is 9.85. The van der Waals surface area contributed by atoms with Gasteiger partial charge in [0.1, 0.15) is 24.1 Å². The molecule has 2 heterocycles. The van der Waals surface area contributed by atoms with Crippen LogP contribution in [0.4, 0.5) is 0 Å². The van der Waals surface area contributed by atoms with Gasteiger partial charge in [0.2, 0.25) is 0 Å². The molecule has 1 aliphatic rings. The van der Waals surface area contributed by atoms with Crippen LogP contribution in [0.5, 0.6) is 11.5 Å². The Bertz CT molecular complexity index is 1950. The second-order valence-corrected chi connectivity index (χ2v) is 12.5. The first-order valence-electron chi connectivity index (χ1n) is 13.9. The van der Waals surface area contributed by atoms with Crippen LogP contribution in [0.15, 0.2) is 81.7 Å². The van der Waals surface area contributed by atoms with E-state index in [1.165, 1.54) is 15.9 Å². The Balaban J connectivity index is 1.68. The molecular weight excluding hydrogens is 643 g/mol. The van der Waals surface area contributed by atoms with Gasteiger partial charge in [-0.25, -0.2) is 9.79 Å². The highest BCUT2D eigenvalue weighted by Crippen LogP contribution is 2.37. The van der Waals surface area contributed by atoms with Gasteiger partial charge < -0.3 is 14.2 Å². The average molecular weight is 672 g/mol. The van der Waals surface area contributed by atoms with Gasteiger partial charge >= 0.3 is 5.97 Å². The van der Waals surface area contributed by atoms with Gasteiger partial charge in [0, 0.05) is 26.7 Å². The molecule has 1 atom stereocenters. The molecule has 0 aliphatic carbocycles. The second kappa shape index (κ2) is 13.6. The molecule has 3 aromatic carbocycles. The zero-order valence-corrected chi connectivity index (χ0v) is 27.5. The third-order valence-electron chi connectivity index (χ3n) is 6.75. The number of rotatable bonds is 9. The molecular formula is C33H29Cl3N2O5S. The van der Waals surface area contributed by atoms with Crippen molar-refractivity contribution < 1.29 is 19.0 Å². The summed E-state index contributed by atoms with van der Waals surface area (Å²) in [5, 5.41) is 1.21. The van der Waals surface area contributed by atoms with E-state index in [1.54, 1.807) is 38.1 Å². The third kappa shape index (κ3) is 6.59. The monoisotopic (exact) mass is 670 g/mol. The Morgan fingerprint density at radius 1 is 1.07 bits per heavy atom. The van der Waals surface area contributed by atoms with Crippen LogP contribution in [-0.4, -0.2) is 23.2 Å². The van der Waals surface area contributed by atoms with Crippen molar-refractivity contribution in [2.45, 2.75) is 46.4 Å². The van der Waals surface area contributed by atoms with Gasteiger partial charge in [0.25, 0.3) is 5.56 Å². The first-order valence-corrected chi connectivity index (χ1v) is 15.8. The lowest BCUT2D eigenvalue weighted by atomic mass is 9.95. The smallest absolute Gasteiger partial charge is 0.338 e. The quantitative estimate of drug-likeness (QED) is 0.177. The summed E-state index contributed by atoms with van der Waals surface area (Å²) in [6.45, 7) is 7.62. The largest absolute Gasteiger partial charge is 0.491 e. The van der Waals surface area contributed by atoms with Crippen molar-refractivity contribution in [3.8, 4) is 11.5 Å². The van der Waals surface area contributed by atoms with E-state index in [0.717, 1.165) is 5.56 Å². The lowest BCUT2D eigenvalue weighted by Crippen LogP contribution is -2.40. The molecule has 0 spiro atoms. The minimum atomic E-state index is -0.832. The number of para-hydroxylation sites is 1. The highest BCUT2D eigenvalue weighted by atomic mass is 35.5. The number of esters is 1. The molecule has 0 saturated heterocycles. The summed E-state index contributed by atoms with van der Waals surface area (Å²) in [5.41, 5.74) is 2.27. The molecule has 1 aromatic heterocycles. The molecule has 0 fully saturated rings. The number of hydrogen-bond acceptors (Lipinski definition) is 7. The maximum atomic E-state index is 14.2. The first kappa shape index (κ1) is 31.9. The standard InChI is InChI=1S/C33H29Cl3N2O5S/c1-5-41-32(40)28-19(4)37-33-38(29(28)23-11-7-9-13-26(23)43-18(2)3)31(39)27(44-33)15-21-14-22(34)16-25(36)30(21)42-17-20-10-6-8-12-24(20)35/h6-16,18,29H,5,17H2,1-4H3/b27-15-/t29-/m0/s1. The molecule has 44 heavy (non-hydrogen) atoms. The van der Waals surface area contributed by atoms with Gasteiger partial charge in [0.05, 0.1) is 33.5 Å². The highest BCUT2D eigenvalue weighted by molar-refractivity contribution is 7.07. The van der Waals surface area contributed by atoms with Gasteiger partial charge in [-0.05, 0) is 58.0 Å². The number of thiazole rings is 1. The summed E-state index contributed by atoms with van der Waals surface area (Å²) < 4.78 is 19.5. The molecule has 0 saturated carbocycles. The molecule has 5 rings (SSSR count). The SMILES string of the molecule is CCOC(=O)C1=C(C)N=c2s/c(=C\c3cc(Cl)cc(Cl)c3OCc3ccccc3Cl)c(=O)n2[C@H]1c1ccccc1OC(C)C. The summed E-state index contributed by atoms with van der Waals surface area (Å²) in [4.78, 5) is 32.6. The van der Waals surface area contributed by atoms with E-state index in [4.69, 9.17) is 49.0 Å². The summed E-state index contributed by atoms with van der Waals surface area (Å²) in [5.74, 6) is 0.345. The lowest BCUT2D eigenvalue weighted by Gasteiger charge is -2.26. The van der Waals surface area contributed by atoms with Crippen molar-refractivity contribution in [2.24, 2.45) is 4.99 Å². The lowest BCUT2D eigenvalue weighted by molar-refractivity contribution is -0.139. The predicted octanol–water partition coefficient (Wildman–Crippen LogP) is 7.12. The minimum absolute atomic E-state index is 0.139. The van der Waals surface area contributed by atoms with Gasteiger partial charge in [-0.2, -0.15) is 0 Å². The second-order valence-electron chi connectivity index (χ2n) is 10.2. The van der Waals surface area contributed by atoms with Crippen LogP contribution in [-0.2, 0) is 16.1 Å². The summed E-state index contributed by atoms with van der Waals surface area (Å²) in [6.07, 6.45) is 1.53. The zero-order chi connectivity index (χ0) is 31.5. The van der Waals surface area contributed by atoms with E-state index in [2.05, 4.69) is 4.99 Å². The van der Waals surface area contributed by atoms with E-state index in [-0.39, 0.29) is 35.5 Å². The molecule has 228 valence electrons. The van der Waals surface area contributed by atoms with E-state index >= 15 is 0 Å².